The van der Waals surface area contributed by atoms with Gasteiger partial charge in [0.2, 0.25) is 0 Å². The van der Waals surface area contributed by atoms with Crippen LogP contribution in [-0.2, 0) is 4.79 Å². The van der Waals surface area contributed by atoms with Crippen LogP contribution in [0, 0.1) is 0 Å². The third-order valence-electron chi connectivity index (χ3n) is 3.70. The van der Waals surface area contributed by atoms with E-state index in [1.165, 1.54) is 18.2 Å². The molecule has 0 fully saturated rings. The van der Waals surface area contributed by atoms with Crippen LogP contribution in [0.2, 0.25) is 0 Å². The van der Waals surface area contributed by atoms with Crippen LogP contribution in [0.4, 0.5) is 0 Å². The Morgan fingerprint density at radius 3 is 2.43 bits per heavy atom. The molecule has 28 heavy (non-hydrogen) atoms. The Kier molecular flexibility index (Phi) is 5.59. The second kappa shape index (κ2) is 8.26. The number of nitrogens with two attached hydrogens (primary N) is 1. The van der Waals surface area contributed by atoms with Crippen molar-refractivity contribution in [2.45, 2.75) is 6.92 Å². The molecule has 0 aliphatic heterocycles. The van der Waals surface area contributed by atoms with Crippen molar-refractivity contribution in [3.63, 3.8) is 0 Å². The van der Waals surface area contributed by atoms with Crippen molar-refractivity contribution in [2.75, 3.05) is 13.2 Å². The van der Waals surface area contributed by atoms with Crippen LogP contribution in [0.5, 0.6) is 17.2 Å². The van der Waals surface area contributed by atoms with Crippen molar-refractivity contribution < 1.29 is 28.2 Å². The van der Waals surface area contributed by atoms with Gasteiger partial charge in [-0.25, -0.2) is 9.59 Å². The molecule has 0 aliphatic rings. The molecular formula is C20H17NO7. The van der Waals surface area contributed by atoms with Gasteiger partial charge in [-0.1, -0.05) is 12.1 Å². The Labute approximate surface area is 159 Å². The third kappa shape index (κ3) is 4.29. The van der Waals surface area contributed by atoms with Crippen molar-refractivity contribution in [3.05, 3.63) is 64.5 Å². The van der Waals surface area contributed by atoms with Crippen molar-refractivity contribution >= 4 is 22.8 Å². The highest BCUT2D eigenvalue weighted by Gasteiger charge is 2.13. The van der Waals surface area contributed by atoms with Gasteiger partial charge in [-0.05, 0) is 37.3 Å². The molecule has 0 saturated carbocycles. The standard InChI is InChI=1S/C20H17NO7/c1-2-25-15-5-3-4-6-16(15)26-11-18(22)27-13-8-7-12-9-14(19(21)23)20(24)28-17(12)10-13/h3-10H,2,11H2,1H3,(H2,21,23). The summed E-state index contributed by atoms with van der Waals surface area (Å²) < 4.78 is 21.1. The van der Waals surface area contributed by atoms with Crippen LogP contribution in [0.15, 0.2) is 57.7 Å². The highest BCUT2D eigenvalue weighted by molar-refractivity contribution is 5.95. The van der Waals surface area contributed by atoms with Gasteiger partial charge in [0.1, 0.15) is 16.9 Å². The van der Waals surface area contributed by atoms with E-state index in [1.54, 1.807) is 30.3 Å². The van der Waals surface area contributed by atoms with Crippen LogP contribution in [0.3, 0.4) is 0 Å². The van der Waals surface area contributed by atoms with Crippen molar-refractivity contribution in [1.29, 1.82) is 0 Å². The number of benzene rings is 2. The van der Waals surface area contributed by atoms with Crippen LogP contribution < -0.4 is 25.6 Å². The zero-order valence-corrected chi connectivity index (χ0v) is 15.0. The molecule has 8 nitrogen and oxygen atoms in total. The normalized spacial score (nSPS) is 10.5. The molecule has 144 valence electrons. The summed E-state index contributed by atoms with van der Waals surface area (Å²) in [6.07, 6.45) is 0. The number of amides is 1. The minimum absolute atomic E-state index is 0.155. The summed E-state index contributed by atoms with van der Waals surface area (Å²) in [7, 11) is 0. The monoisotopic (exact) mass is 383 g/mol. The van der Waals surface area contributed by atoms with Crippen molar-refractivity contribution in [2.24, 2.45) is 5.73 Å². The molecule has 0 aliphatic carbocycles. The van der Waals surface area contributed by atoms with E-state index in [2.05, 4.69) is 0 Å². The van der Waals surface area contributed by atoms with Crippen LogP contribution in [-0.4, -0.2) is 25.1 Å². The fourth-order valence-electron chi connectivity index (χ4n) is 2.47. The topological polar surface area (TPSA) is 118 Å². The van der Waals surface area contributed by atoms with E-state index in [0.29, 0.717) is 23.5 Å². The van der Waals surface area contributed by atoms with E-state index in [9.17, 15) is 14.4 Å². The van der Waals surface area contributed by atoms with Crippen molar-refractivity contribution in [3.8, 4) is 17.2 Å². The smallest absolute Gasteiger partial charge is 0.349 e. The van der Waals surface area contributed by atoms with Gasteiger partial charge >= 0.3 is 11.6 Å². The van der Waals surface area contributed by atoms with Gasteiger partial charge < -0.3 is 24.4 Å². The summed E-state index contributed by atoms with van der Waals surface area (Å²) >= 11 is 0. The fourth-order valence-corrected chi connectivity index (χ4v) is 2.47. The molecule has 0 spiro atoms. The lowest BCUT2D eigenvalue weighted by molar-refractivity contribution is -0.136. The van der Waals surface area contributed by atoms with Crippen LogP contribution >= 0.6 is 0 Å². The lowest BCUT2D eigenvalue weighted by atomic mass is 10.2. The van der Waals surface area contributed by atoms with E-state index < -0.39 is 17.5 Å². The third-order valence-corrected chi connectivity index (χ3v) is 3.70. The Balaban J connectivity index is 1.70. The summed E-state index contributed by atoms with van der Waals surface area (Å²) in [5, 5.41) is 0.468. The lowest BCUT2D eigenvalue weighted by Crippen LogP contribution is -2.20. The molecule has 0 unspecified atom stereocenters. The molecule has 2 aromatic carbocycles. The first-order valence-electron chi connectivity index (χ1n) is 8.41. The van der Waals surface area contributed by atoms with E-state index in [4.69, 9.17) is 24.4 Å². The van der Waals surface area contributed by atoms with E-state index in [1.807, 2.05) is 6.92 Å². The maximum Gasteiger partial charge on any atom is 0.349 e. The molecule has 3 rings (SSSR count). The minimum atomic E-state index is -0.879. The maximum atomic E-state index is 12.1. The number of ether oxygens (including phenoxy) is 3. The van der Waals surface area contributed by atoms with Crippen molar-refractivity contribution in [1.82, 2.24) is 0 Å². The second-order valence-corrected chi connectivity index (χ2v) is 5.65. The van der Waals surface area contributed by atoms with E-state index in [0.717, 1.165) is 0 Å². The largest absolute Gasteiger partial charge is 0.490 e. The first-order valence-corrected chi connectivity index (χ1v) is 8.41. The van der Waals surface area contributed by atoms with Gasteiger partial charge in [0.15, 0.2) is 18.1 Å². The number of fused-ring (bicyclic) bond motifs is 1. The highest BCUT2D eigenvalue weighted by Crippen LogP contribution is 2.26. The Morgan fingerprint density at radius 2 is 1.75 bits per heavy atom. The number of para-hydroxylation sites is 2. The zero-order chi connectivity index (χ0) is 20.1. The number of carbonyl (C=O) groups excluding carboxylic acids is 2. The Hall–Kier alpha value is -3.81. The average Bonchev–Trinajstić information content (AvgIpc) is 2.66. The second-order valence-electron chi connectivity index (χ2n) is 5.65. The molecular weight excluding hydrogens is 366 g/mol. The summed E-state index contributed by atoms with van der Waals surface area (Å²) in [5.74, 6) is -0.424. The van der Waals surface area contributed by atoms with Gasteiger partial charge in [-0.2, -0.15) is 0 Å². The first-order chi connectivity index (χ1) is 13.5. The summed E-state index contributed by atoms with van der Waals surface area (Å²) in [6.45, 7) is 1.97. The number of hydrogen-bond donors (Lipinski definition) is 1. The predicted molar refractivity (Wildman–Crippen MR) is 99.7 cm³/mol. The number of hydrogen-bond acceptors (Lipinski definition) is 7. The molecule has 0 atom stereocenters. The molecule has 0 saturated heterocycles. The summed E-state index contributed by atoms with van der Waals surface area (Å²) in [6, 6.07) is 12.7. The van der Waals surface area contributed by atoms with Gasteiger partial charge in [-0.15, -0.1) is 0 Å². The highest BCUT2D eigenvalue weighted by atomic mass is 16.6. The Bertz CT molecular complexity index is 1090. The zero-order valence-electron chi connectivity index (χ0n) is 15.0. The number of rotatable bonds is 7. The molecule has 3 aromatic rings. The molecule has 0 bridgehead atoms. The molecule has 2 N–H and O–H groups in total. The number of primary amides is 1. The van der Waals surface area contributed by atoms with E-state index >= 15 is 0 Å². The predicted octanol–water partition coefficient (Wildman–Crippen LogP) is 2.27. The maximum absolute atomic E-state index is 12.1. The number of esters is 1. The van der Waals surface area contributed by atoms with E-state index in [-0.39, 0.29) is 23.5 Å². The molecule has 1 aromatic heterocycles. The minimum Gasteiger partial charge on any atom is -0.490 e. The Morgan fingerprint density at radius 1 is 1.04 bits per heavy atom. The summed E-state index contributed by atoms with van der Waals surface area (Å²) in [4.78, 5) is 35.0. The SMILES string of the molecule is CCOc1ccccc1OCC(=O)Oc1ccc2cc(C(N)=O)c(=O)oc2c1. The van der Waals surface area contributed by atoms with Gasteiger partial charge in [-0.3, -0.25) is 4.79 Å². The van der Waals surface area contributed by atoms with Crippen LogP contribution in [0.25, 0.3) is 11.0 Å². The first kappa shape index (κ1) is 19.0. The molecule has 8 heteroatoms. The lowest BCUT2D eigenvalue weighted by Gasteiger charge is -2.11. The quantitative estimate of drug-likeness (QED) is 0.378. The van der Waals surface area contributed by atoms with Crippen LogP contribution in [0.1, 0.15) is 17.3 Å². The van der Waals surface area contributed by atoms with Gasteiger partial charge in [0.05, 0.1) is 6.61 Å². The molecule has 1 heterocycles. The fraction of sp³-hybridized carbons (Fsp3) is 0.150. The average molecular weight is 383 g/mol. The van der Waals surface area contributed by atoms with Gasteiger partial charge in [0, 0.05) is 11.5 Å². The van der Waals surface area contributed by atoms with Gasteiger partial charge in [0.25, 0.3) is 5.91 Å². The molecule has 0 radical (unpaired) electrons. The number of carbonyl (C=O) groups is 2. The molecule has 1 amide bonds. The summed E-state index contributed by atoms with van der Waals surface area (Å²) in [5.41, 5.74) is 4.16.